The van der Waals surface area contributed by atoms with Gasteiger partial charge in [-0.1, -0.05) is 18.2 Å². The Morgan fingerprint density at radius 1 is 0.833 bits per heavy atom. The standard InChI is InChI=1S/C10H8O6S2/c11-17(12,13)8-5-4-7-2-1-3-10(9(7)6-8)18(14,15)16/h1-6H,(H,11,12,13)(H,14,15,16). The van der Waals surface area contributed by atoms with Crippen molar-refractivity contribution in [3.63, 3.8) is 0 Å². The molecule has 0 bridgehead atoms. The van der Waals surface area contributed by atoms with Gasteiger partial charge in [-0.05, 0) is 23.6 Å². The molecule has 6 nitrogen and oxygen atoms in total. The van der Waals surface area contributed by atoms with Crippen LogP contribution in [0.3, 0.4) is 0 Å². The third-order valence-electron chi connectivity index (χ3n) is 2.39. The fraction of sp³-hybridized carbons (Fsp3) is 0. The van der Waals surface area contributed by atoms with Crippen LogP contribution in [-0.2, 0) is 20.2 Å². The van der Waals surface area contributed by atoms with Crippen LogP contribution < -0.4 is 0 Å². The van der Waals surface area contributed by atoms with Gasteiger partial charge >= 0.3 is 0 Å². The van der Waals surface area contributed by atoms with E-state index >= 15 is 0 Å². The summed E-state index contributed by atoms with van der Waals surface area (Å²) in [6.07, 6.45) is 0. The molecule has 0 radical (unpaired) electrons. The van der Waals surface area contributed by atoms with Crippen LogP contribution in [0.1, 0.15) is 0 Å². The van der Waals surface area contributed by atoms with Crippen molar-refractivity contribution in [2.45, 2.75) is 9.79 Å². The third-order valence-corrected chi connectivity index (χ3v) is 4.15. The predicted molar refractivity (Wildman–Crippen MR) is 63.6 cm³/mol. The molecule has 8 heteroatoms. The Labute approximate surface area is 103 Å². The van der Waals surface area contributed by atoms with Gasteiger partial charge in [-0.3, -0.25) is 9.11 Å². The molecule has 2 aromatic rings. The molecule has 0 aromatic heterocycles. The van der Waals surface area contributed by atoms with Gasteiger partial charge in [0.15, 0.2) is 0 Å². The second-order valence-electron chi connectivity index (χ2n) is 3.59. The average Bonchev–Trinajstić information content (AvgIpc) is 2.25. The Morgan fingerprint density at radius 2 is 1.50 bits per heavy atom. The van der Waals surface area contributed by atoms with Crippen LogP contribution in [0.15, 0.2) is 46.2 Å². The van der Waals surface area contributed by atoms with Crippen LogP contribution in [-0.4, -0.2) is 25.9 Å². The summed E-state index contributed by atoms with van der Waals surface area (Å²) >= 11 is 0. The number of benzene rings is 2. The van der Waals surface area contributed by atoms with Crippen molar-refractivity contribution in [2.24, 2.45) is 0 Å². The summed E-state index contributed by atoms with van der Waals surface area (Å²) in [6.45, 7) is 0. The largest absolute Gasteiger partial charge is 0.295 e. The molecule has 0 aliphatic rings. The van der Waals surface area contributed by atoms with Gasteiger partial charge in [0.2, 0.25) is 0 Å². The van der Waals surface area contributed by atoms with E-state index in [9.17, 15) is 16.8 Å². The zero-order chi connectivity index (χ0) is 13.6. The molecular weight excluding hydrogens is 280 g/mol. The summed E-state index contributed by atoms with van der Waals surface area (Å²) < 4.78 is 62.2. The summed E-state index contributed by atoms with van der Waals surface area (Å²) in [5, 5.41) is 0.452. The quantitative estimate of drug-likeness (QED) is 0.807. The summed E-state index contributed by atoms with van der Waals surface area (Å²) in [4.78, 5) is -0.850. The molecule has 2 rings (SSSR count). The molecule has 0 atom stereocenters. The fourth-order valence-corrected chi connectivity index (χ4v) is 2.82. The maximum absolute atomic E-state index is 11.2. The van der Waals surface area contributed by atoms with E-state index in [1.807, 2.05) is 0 Å². The zero-order valence-electron chi connectivity index (χ0n) is 8.81. The van der Waals surface area contributed by atoms with Gasteiger partial charge in [-0.15, -0.1) is 0 Å². The molecule has 0 aliphatic carbocycles. The summed E-state index contributed by atoms with van der Waals surface area (Å²) in [6, 6.07) is 7.59. The molecule has 96 valence electrons. The van der Waals surface area contributed by atoms with E-state index < -0.39 is 30.0 Å². The predicted octanol–water partition coefficient (Wildman–Crippen LogP) is 1.33. The van der Waals surface area contributed by atoms with Crippen LogP contribution in [0, 0.1) is 0 Å². The molecule has 2 N–H and O–H groups in total. The highest BCUT2D eigenvalue weighted by molar-refractivity contribution is 7.86. The molecule has 18 heavy (non-hydrogen) atoms. The van der Waals surface area contributed by atoms with E-state index in [4.69, 9.17) is 9.11 Å². The maximum Gasteiger partial charge on any atom is 0.295 e. The van der Waals surface area contributed by atoms with Crippen LogP contribution >= 0.6 is 0 Å². The smallest absolute Gasteiger partial charge is 0.282 e. The lowest BCUT2D eigenvalue weighted by atomic mass is 10.1. The SMILES string of the molecule is O=S(=O)(O)c1ccc2cccc(S(=O)(=O)O)c2c1. The molecule has 0 heterocycles. The van der Waals surface area contributed by atoms with Gasteiger partial charge in [-0.2, -0.15) is 16.8 Å². The fourth-order valence-electron chi connectivity index (χ4n) is 1.61. The van der Waals surface area contributed by atoms with E-state index in [-0.39, 0.29) is 5.39 Å². The number of hydrogen-bond acceptors (Lipinski definition) is 4. The van der Waals surface area contributed by atoms with E-state index in [1.165, 1.54) is 12.1 Å². The van der Waals surface area contributed by atoms with Crippen molar-refractivity contribution in [3.8, 4) is 0 Å². The minimum atomic E-state index is -4.47. The van der Waals surface area contributed by atoms with Gasteiger partial charge < -0.3 is 0 Å². The zero-order valence-corrected chi connectivity index (χ0v) is 10.4. The van der Waals surface area contributed by atoms with E-state index in [1.54, 1.807) is 6.07 Å². The minimum absolute atomic E-state index is 0.0233. The molecule has 0 amide bonds. The van der Waals surface area contributed by atoms with Crippen LogP contribution in [0.5, 0.6) is 0 Å². The number of rotatable bonds is 2. The normalized spacial score (nSPS) is 12.8. The minimum Gasteiger partial charge on any atom is -0.282 e. The second kappa shape index (κ2) is 4.02. The first kappa shape index (κ1) is 13.0. The Balaban J connectivity index is 2.91. The highest BCUT2D eigenvalue weighted by Crippen LogP contribution is 2.25. The first-order chi connectivity index (χ1) is 8.19. The van der Waals surface area contributed by atoms with E-state index in [0.29, 0.717) is 5.39 Å². The molecule has 2 aromatic carbocycles. The van der Waals surface area contributed by atoms with E-state index in [2.05, 4.69) is 0 Å². The first-order valence-electron chi connectivity index (χ1n) is 4.67. The Bertz CT molecular complexity index is 821. The highest BCUT2D eigenvalue weighted by Gasteiger charge is 2.16. The lowest BCUT2D eigenvalue weighted by Gasteiger charge is -2.05. The van der Waals surface area contributed by atoms with Crippen molar-refractivity contribution in [3.05, 3.63) is 36.4 Å². The van der Waals surface area contributed by atoms with Gasteiger partial charge in [-0.25, -0.2) is 0 Å². The molecule has 0 spiro atoms. The Kier molecular flexibility index (Phi) is 2.90. The third kappa shape index (κ3) is 2.36. The lowest BCUT2D eigenvalue weighted by molar-refractivity contribution is 0.480. The van der Waals surface area contributed by atoms with Crippen LogP contribution in [0.2, 0.25) is 0 Å². The van der Waals surface area contributed by atoms with E-state index in [0.717, 1.165) is 18.2 Å². The Morgan fingerprint density at radius 3 is 2.06 bits per heavy atom. The summed E-state index contributed by atoms with van der Waals surface area (Å²) in [5.74, 6) is 0. The van der Waals surface area contributed by atoms with Crippen molar-refractivity contribution in [2.75, 3.05) is 0 Å². The average molecular weight is 288 g/mol. The van der Waals surface area contributed by atoms with Crippen molar-refractivity contribution in [1.82, 2.24) is 0 Å². The number of hydrogen-bond donors (Lipinski definition) is 2. The molecular formula is C10H8O6S2. The molecule has 0 fully saturated rings. The highest BCUT2D eigenvalue weighted by atomic mass is 32.2. The monoisotopic (exact) mass is 288 g/mol. The Hall–Kier alpha value is -1.48. The molecule has 0 saturated heterocycles. The van der Waals surface area contributed by atoms with Gasteiger partial charge in [0, 0.05) is 5.39 Å². The van der Waals surface area contributed by atoms with Gasteiger partial charge in [0.1, 0.15) is 4.90 Å². The molecule has 0 saturated carbocycles. The topological polar surface area (TPSA) is 109 Å². The van der Waals surface area contributed by atoms with Gasteiger partial charge in [0.25, 0.3) is 20.2 Å². The summed E-state index contributed by atoms with van der Waals surface area (Å²) in [5.41, 5.74) is 0. The number of fused-ring (bicyclic) bond motifs is 1. The van der Waals surface area contributed by atoms with Crippen molar-refractivity contribution >= 4 is 31.0 Å². The first-order valence-corrected chi connectivity index (χ1v) is 7.55. The molecule has 0 unspecified atom stereocenters. The summed E-state index contributed by atoms with van der Waals surface area (Å²) in [7, 11) is -8.90. The van der Waals surface area contributed by atoms with Gasteiger partial charge in [0.05, 0.1) is 4.90 Å². The van der Waals surface area contributed by atoms with Crippen LogP contribution in [0.25, 0.3) is 10.8 Å². The van der Waals surface area contributed by atoms with Crippen molar-refractivity contribution in [1.29, 1.82) is 0 Å². The maximum atomic E-state index is 11.2. The van der Waals surface area contributed by atoms with Crippen LogP contribution in [0.4, 0.5) is 0 Å². The second-order valence-corrected chi connectivity index (χ2v) is 6.40. The van der Waals surface area contributed by atoms with Crippen molar-refractivity contribution < 1.29 is 25.9 Å². The molecule has 0 aliphatic heterocycles. The lowest BCUT2D eigenvalue weighted by Crippen LogP contribution is -2.01.